The van der Waals surface area contributed by atoms with E-state index >= 15 is 0 Å². The van der Waals surface area contributed by atoms with Gasteiger partial charge < -0.3 is 14.8 Å². The molecule has 1 aromatic carbocycles. The average molecular weight is 364 g/mol. The summed E-state index contributed by atoms with van der Waals surface area (Å²) in [6.45, 7) is 9.11. The molecule has 0 aliphatic rings. The number of nitrogens with zero attached hydrogens (tertiary/aromatic N) is 3. The van der Waals surface area contributed by atoms with E-state index in [1.54, 1.807) is 19.0 Å². The van der Waals surface area contributed by atoms with E-state index < -0.39 is 0 Å². The summed E-state index contributed by atoms with van der Waals surface area (Å²) in [5.41, 5.74) is 9.38. The maximum absolute atomic E-state index is 12.6. The van der Waals surface area contributed by atoms with Crippen LogP contribution < -0.4 is 5.32 Å². The van der Waals surface area contributed by atoms with Gasteiger partial charge >= 0.3 is 0 Å². The second-order valence-corrected chi connectivity index (χ2v) is 7.45. The predicted octanol–water partition coefficient (Wildman–Crippen LogP) is 4.12. The lowest BCUT2D eigenvalue weighted by atomic mass is 10.0. The third-order valence-electron chi connectivity index (χ3n) is 5.45. The van der Waals surface area contributed by atoms with E-state index in [0.29, 0.717) is 12.2 Å². The first kappa shape index (κ1) is 19.0. The fraction of sp³-hybridized carbons (Fsp3) is 0.364. The van der Waals surface area contributed by atoms with Gasteiger partial charge in [0.25, 0.3) is 5.91 Å². The van der Waals surface area contributed by atoms with Gasteiger partial charge in [0.2, 0.25) is 0 Å². The van der Waals surface area contributed by atoms with Gasteiger partial charge in [-0.05, 0) is 56.0 Å². The SMILES string of the molecule is Cc1cccc(C)c1CNc1cc(C(=O)N(C)C)nc2c(C)c(C)n(C)c12. The number of carbonyl (C=O) groups is 1. The molecule has 3 rings (SSSR count). The van der Waals surface area contributed by atoms with Gasteiger partial charge in [-0.3, -0.25) is 4.79 Å². The first-order valence-corrected chi connectivity index (χ1v) is 9.19. The highest BCUT2D eigenvalue weighted by atomic mass is 16.2. The zero-order chi connectivity index (χ0) is 19.9. The number of hydrogen-bond acceptors (Lipinski definition) is 3. The van der Waals surface area contributed by atoms with Crippen molar-refractivity contribution < 1.29 is 4.79 Å². The summed E-state index contributed by atoms with van der Waals surface area (Å²) in [5, 5.41) is 3.57. The molecule has 0 unspecified atom stereocenters. The molecule has 0 saturated carbocycles. The van der Waals surface area contributed by atoms with Crippen LogP contribution in [0.3, 0.4) is 0 Å². The van der Waals surface area contributed by atoms with Gasteiger partial charge in [-0.25, -0.2) is 4.98 Å². The number of carbonyl (C=O) groups excluding carboxylic acids is 1. The number of amides is 1. The van der Waals surface area contributed by atoms with E-state index in [1.807, 2.05) is 13.1 Å². The van der Waals surface area contributed by atoms with Gasteiger partial charge in [-0.1, -0.05) is 18.2 Å². The van der Waals surface area contributed by atoms with Crippen molar-refractivity contribution in [1.82, 2.24) is 14.5 Å². The molecule has 0 fully saturated rings. The zero-order valence-corrected chi connectivity index (χ0v) is 17.3. The van der Waals surface area contributed by atoms with Gasteiger partial charge in [0, 0.05) is 33.4 Å². The summed E-state index contributed by atoms with van der Waals surface area (Å²) >= 11 is 0. The molecule has 3 aromatic rings. The highest BCUT2D eigenvalue weighted by Crippen LogP contribution is 2.30. The Balaban J connectivity index is 2.12. The molecule has 0 radical (unpaired) electrons. The summed E-state index contributed by atoms with van der Waals surface area (Å²) in [6, 6.07) is 8.21. The summed E-state index contributed by atoms with van der Waals surface area (Å²) in [4.78, 5) is 18.8. The summed E-state index contributed by atoms with van der Waals surface area (Å²) < 4.78 is 2.15. The van der Waals surface area contributed by atoms with Crippen molar-refractivity contribution in [3.8, 4) is 0 Å². The number of rotatable bonds is 4. The van der Waals surface area contributed by atoms with Crippen molar-refractivity contribution in [3.63, 3.8) is 0 Å². The van der Waals surface area contributed by atoms with Crippen molar-refractivity contribution in [2.75, 3.05) is 19.4 Å². The van der Waals surface area contributed by atoms with Crippen molar-refractivity contribution in [3.05, 3.63) is 57.9 Å². The van der Waals surface area contributed by atoms with Gasteiger partial charge in [0.05, 0.1) is 16.7 Å². The van der Waals surface area contributed by atoms with Gasteiger partial charge in [-0.15, -0.1) is 0 Å². The lowest BCUT2D eigenvalue weighted by Crippen LogP contribution is -2.23. The van der Waals surface area contributed by atoms with Crippen LogP contribution >= 0.6 is 0 Å². The maximum Gasteiger partial charge on any atom is 0.272 e. The average Bonchev–Trinajstić information content (AvgIpc) is 2.84. The lowest BCUT2D eigenvalue weighted by molar-refractivity contribution is 0.0822. The first-order chi connectivity index (χ1) is 12.7. The van der Waals surface area contributed by atoms with E-state index in [-0.39, 0.29) is 5.91 Å². The van der Waals surface area contributed by atoms with Crippen LogP contribution in [0.4, 0.5) is 5.69 Å². The molecular weight excluding hydrogens is 336 g/mol. The molecule has 1 N–H and O–H groups in total. The molecule has 142 valence electrons. The number of fused-ring (bicyclic) bond motifs is 1. The van der Waals surface area contributed by atoms with Crippen LogP contribution in [0.5, 0.6) is 0 Å². The van der Waals surface area contributed by atoms with Crippen molar-refractivity contribution >= 4 is 22.6 Å². The Hall–Kier alpha value is -2.82. The first-order valence-electron chi connectivity index (χ1n) is 9.19. The molecule has 2 heterocycles. The van der Waals surface area contributed by atoms with Crippen molar-refractivity contribution in [2.45, 2.75) is 34.2 Å². The van der Waals surface area contributed by atoms with Crippen molar-refractivity contribution in [1.29, 1.82) is 0 Å². The van der Waals surface area contributed by atoms with Crippen LogP contribution in [-0.2, 0) is 13.6 Å². The summed E-state index contributed by atoms with van der Waals surface area (Å²) in [5.74, 6) is -0.0899. The van der Waals surface area contributed by atoms with Crippen LogP contribution in [0.2, 0.25) is 0 Å². The standard InChI is InChI=1S/C22H28N4O/c1-13-9-8-10-14(2)17(13)12-23-18-11-19(22(27)25(5)6)24-20-15(3)16(4)26(7)21(18)20/h8-11H,12H2,1-7H3,(H,23,24). The lowest BCUT2D eigenvalue weighted by Gasteiger charge is -2.16. The largest absolute Gasteiger partial charge is 0.379 e. The Morgan fingerprint density at radius 3 is 2.37 bits per heavy atom. The third kappa shape index (κ3) is 3.29. The fourth-order valence-corrected chi connectivity index (χ4v) is 3.51. The van der Waals surface area contributed by atoms with E-state index in [0.717, 1.165) is 28.0 Å². The normalized spacial score (nSPS) is 11.1. The monoisotopic (exact) mass is 364 g/mol. The Kier molecular flexibility index (Phi) is 4.96. The van der Waals surface area contributed by atoms with E-state index in [9.17, 15) is 4.79 Å². The van der Waals surface area contributed by atoms with Crippen LogP contribution in [0.15, 0.2) is 24.3 Å². The van der Waals surface area contributed by atoms with Crippen molar-refractivity contribution in [2.24, 2.45) is 7.05 Å². The molecule has 0 aliphatic carbocycles. The van der Waals surface area contributed by atoms with Gasteiger partial charge in [0.1, 0.15) is 5.69 Å². The highest BCUT2D eigenvalue weighted by Gasteiger charge is 2.19. The zero-order valence-electron chi connectivity index (χ0n) is 17.3. The van der Waals surface area contributed by atoms with Gasteiger partial charge in [0.15, 0.2) is 0 Å². The minimum absolute atomic E-state index is 0.0899. The Bertz CT molecular complexity index is 1010. The molecule has 5 heteroatoms. The highest BCUT2D eigenvalue weighted by molar-refractivity contribution is 6.00. The molecule has 1 amide bonds. The molecule has 0 atom stereocenters. The van der Waals surface area contributed by atoms with E-state index in [4.69, 9.17) is 0 Å². The molecule has 0 saturated heterocycles. The number of anilines is 1. The minimum Gasteiger partial charge on any atom is -0.379 e. The number of benzene rings is 1. The fourth-order valence-electron chi connectivity index (χ4n) is 3.51. The molecule has 2 aromatic heterocycles. The van der Waals surface area contributed by atoms with Crippen LogP contribution in [0.25, 0.3) is 11.0 Å². The molecular formula is C22H28N4O. The molecule has 27 heavy (non-hydrogen) atoms. The second-order valence-electron chi connectivity index (χ2n) is 7.45. The number of aryl methyl sites for hydroxylation is 4. The second kappa shape index (κ2) is 7.06. The predicted molar refractivity (Wildman–Crippen MR) is 111 cm³/mol. The number of pyridine rings is 1. The number of nitrogens with one attached hydrogen (secondary N) is 1. The third-order valence-corrected chi connectivity index (χ3v) is 5.45. The molecule has 0 bridgehead atoms. The maximum atomic E-state index is 12.6. The van der Waals surface area contributed by atoms with Gasteiger partial charge in [-0.2, -0.15) is 0 Å². The minimum atomic E-state index is -0.0899. The Labute approximate surface area is 161 Å². The number of hydrogen-bond donors (Lipinski definition) is 1. The number of aromatic nitrogens is 2. The molecule has 0 aliphatic heterocycles. The Morgan fingerprint density at radius 1 is 1.15 bits per heavy atom. The smallest absolute Gasteiger partial charge is 0.272 e. The molecule has 0 spiro atoms. The summed E-state index contributed by atoms with van der Waals surface area (Å²) in [6.07, 6.45) is 0. The van der Waals surface area contributed by atoms with E-state index in [1.165, 1.54) is 16.7 Å². The van der Waals surface area contributed by atoms with E-state index in [2.05, 4.69) is 60.8 Å². The van der Waals surface area contributed by atoms with Crippen LogP contribution in [0.1, 0.15) is 38.4 Å². The quantitative estimate of drug-likeness (QED) is 0.758. The van der Waals surface area contributed by atoms with Crippen LogP contribution in [-0.4, -0.2) is 34.5 Å². The van der Waals surface area contributed by atoms with Crippen LogP contribution in [0, 0.1) is 27.7 Å². The molecule has 5 nitrogen and oxygen atoms in total. The summed E-state index contributed by atoms with van der Waals surface area (Å²) in [7, 11) is 5.55. The Morgan fingerprint density at radius 2 is 1.78 bits per heavy atom. The topological polar surface area (TPSA) is 50.2 Å².